The van der Waals surface area contributed by atoms with Crippen LogP contribution in [0.5, 0.6) is 0 Å². The lowest BCUT2D eigenvalue weighted by Crippen LogP contribution is -2.37. The van der Waals surface area contributed by atoms with Crippen LogP contribution >= 0.6 is 0 Å². The van der Waals surface area contributed by atoms with E-state index in [2.05, 4.69) is 55.1 Å². The molecule has 0 aliphatic carbocycles. The third-order valence-corrected chi connectivity index (χ3v) is 3.64. The van der Waals surface area contributed by atoms with Crippen LogP contribution in [0.1, 0.15) is 18.4 Å². The molecule has 0 saturated carbocycles. The summed E-state index contributed by atoms with van der Waals surface area (Å²) >= 11 is 0. The Morgan fingerprint density at radius 1 is 1.12 bits per heavy atom. The lowest BCUT2D eigenvalue weighted by atomic mass is 9.96. The fraction of sp³-hybridized carbons (Fsp3) is 0.600. The van der Waals surface area contributed by atoms with Gasteiger partial charge in [-0.3, -0.25) is 0 Å². The van der Waals surface area contributed by atoms with Crippen molar-refractivity contribution in [1.82, 2.24) is 4.90 Å². The molecule has 0 N–H and O–H groups in total. The molecule has 1 heterocycles. The Bertz CT molecular complexity index is 334. The van der Waals surface area contributed by atoms with Gasteiger partial charge in [0.1, 0.15) is 0 Å². The molecule has 2 nitrogen and oxygen atoms in total. The van der Waals surface area contributed by atoms with Gasteiger partial charge in [-0.2, -0.15) is 0 Å². The Hall–Kier alpha value is -1.02. The summed E-state index contributed by atoms with van der Waals surface area (Å²) in [5, 5.41) is 0. The first kappa shape index (κ1) is 12.4. The third kappa shape index (κ3) is 3.47. The van der Waals surface area contributed by atoms with Gasteiger partial charge in [0.15, 0.2) is 0 Å². The SMILES string of the molecule is Cc1ccc(N2CCC(CN(C)C)CC2)cc1. The fourth-order valence-corrected chi connectivity index (χ4v) is 2.65. The number of rotatable bonds is 3. The summed E-state index contributed by atoms with van der Waals surface area (Å²) in [4.78, 5) is 4.83. The summed E-state index contributed by atoms with van der Waals surface area (Å²) < 4.78 is 0. The highest BCUT2D eigenvalue weighted by atomic mass is 15.1. The molecule has 2 heteroatoms. The first-order chi connectivity index (χ1) is 8.15. The topological polar surface area (TPSA) is 6.48 Å². The molecular formula is C15H24N2. The summed E-state index contributed by atoms with van der Waals surface area (Å²) in [5.41, 5.74) is 2.73. The molecule has 1 saturated heterocycles. The van der Waals surface area contributed by atoms with Crippen LogP contribution in [-0.2, 0) is 0 Å². The van der Waals surface area contributed by atoms with E-state index in [1.807, 2.05) is 0 Å². The monoisotopic (exact) mass is 232 g/mol. The third-order valence-electron chi connectivity index (χ3n) is 3.64. The summed E-state index contributed by atoms with van der Waals surface area (Å²) in [6.07, 6.45) is 2.65. The van der Waals surface area contributed by atoms with E-state index >= 15 is 0 Å². The fourth-order valence-electron chi connectivity index (χ4n) is 2.65. The number of hydrogen-bond acceptors (Lipinski definition) is 2. The van der Waals surface area contributed by atoms with Crippen LogP contribution in [0, 0.1) is 12.8 Å². The Labute approximate surface area is 105 Å². The van der Waals surface area contributed by atoms with Gasteiger partial charge in [-0.15, -0.1) is 0 Å². The van der Waals surface area contributed by atoms with Crippen molar-refractivity contribution in [1.29, 1.82) is 0 Å². The predicted molar refractivity (Wildman–Crippen MR) is 74.7 cm³/mol. The van der Waals surface area contributed by atoms with Gasteiger partial charge in [-0.05, 0) is 51.9 Å². The molecule has 1 aromatic carbocycles. The predicted octanol–water partition coefficient (Wildman–Crippen LogP) is 2.77. The molecule has 1 aliphatic rings. The van der Waals surface area contributed by atoms with Crippen LogP contribution in [0.2, 0.25) is 0 Å². The van der Waals surface area contributed by atoms with Crippen molar-refractivity contribution in [3.05, 3.63) is 29.8 Å². The molecule has 0 radical (unpaired) electrons. The smallest absolute Gasteiger partial charge is 0.0366 e. The highest BCUT2D eigenvalue weighted by Crippen LogP contribution is 2.23. The normalized spacial score (nSPS) is 17.8. The lowest BCUT2D eigenvalue weighted by Gasteiger charge is -2.34. The van der Waals surface area contributed by atoms with E-state index in [-0.39, 0.29) is 0 Å². The Balaban J connectivity index is 1.88. The molecule has 0 unspecified atom stereocenters. The van der Waals surface area contributed by atoms with E-state index in [1.54, 1.807) is 0 Å². The molecule has 0 bridgehead atoms. The number of aryl methyl sites for hydroxylation is 1. The van der Waals surface area contributed by atoms with E-state index in [9.17, 15) is 0 Å². The van der Waals surface area contributed by atoms with E-state index in [0.29, 0.717) is 0 Å². The molecule has 1 aliphatic heterocycles. The van der Waals surface area contributed by atoms with Gasteiger partial charge in [0, 0.05) is 25.3 Å². The maximum absolute atomic E-state index is 2.52. The largest absolute Gasteiger partial charge is 0.372 e. The molecular weight excluding hydrogens is 208 g/mol. The molecule has 0 spiro atoms. The minimum absolute atomic E-state index is 0.881. The van der Waals surface area contributed by atoms with Crippen LogP contribution in [0.15, 0.2) is 24.3 Å². The van der Waals surface area contributed by atoms with Gasteiger partial charge >= 0.3 is 0 Å². The summed E-state index contributed by atoms with van der Waals surface area (Å²) in [6, 6.07) is 8.92. The molecule has 0 atom stereocenters. The van der Waals surface area contributed by atoms with E-state index in [4.69, 9.17) is 0 Å². The standard InChI is InChI=1S/C15H24N2/c1-13-4-6-15(7-5-13)17-10-8-14(9-11-17)12-16(2)3/h4-7,14H,8-12H2,1-3H3. The van der Waals surface area contributed by atoms with Crippen molar-refractivity contribution in [3.63, 3.8) is 0 Å². The second-order valence-electron chi connectivity index (χ2n) is 5.53. The van der Waals surface area contributed by atoms with Crippen molar-refractivity contribution in [2.45, 2.75) is 19.8 Å². The van der Waals surface area contributed by atoms with Crippen LogP contribution in [0.4, 0.5) is 5.69 Å². The summed E-state index contributed by atoms with van der Waals surface area (Å²) in [7, 11) is 4.35. The van der Waals surface area contributed by atoms with Crippen molar-refractivity contribution < 1.29 is 0 Å². The number of benzene rings is 1. The molecule has 1 fully saturated rings. The molecule has 94 valence electrons. The second-order valence-corrected chi connectivity index (χ2v) is 5.53. The van der Waals surface area contributed by atoms with Crippen molar-refractivity contribution in [2.75, 3.05) is 38.6 Å². The molecule has 2 rings (SSSR count). The lowest BCUT2D eigenvalue weighted by molar-refractivity contribution is 0.285. The van der Waals surface area contributed by atoms with Gasteiger partial charge in [0.2, 0.25) is 0 Å². The highest BCUT2D eigenvalue weighted by Gasteiger charge is 2.19. The van der Waals surface area contributed by atoms with Gasteiger partial charge in [-0.1, -0.05) is 17.7 Å². The van der Waals surface area contributed by atoms with Crippen LogP contribution < -0.4 is 4.90 Å². The van der Waals surface area contributed by atoms with Gasteiger partial charge in [0.05, 0.1) is 0 Å². The molecule has 1 aromatic rings. The van der Waals surface area contributed by atoms with E-state index in [0.717, 1.165) is 5.92 Å². The van der Waals surface area contributed by atoms with Gasteiger partial charge < -0.3 is 9.80 Å². The van der Waals surface area contributed by atoms with Crippen molar-refractivity contribution in [2.24, 2.45) is 5.92 Å². The zero-order valence-electron chi connectivity index (χ0n) is 11.3. The highest BCUT2D eigenvalue weighted by molar-refractivity contribution is 5.47. The quantitative estimate of drug-likeness (QED) is 0.790. The van der Waals surface area contributed by atoms with E-state index in [1.165, 1.54) is 43.7 Å². The minimum atomic E-state index is 0.881. The zero-order valence-corrected chi connectivity index (χ0v) is 11.3. The van der Waals surface area contributed by atoms with Crippen LogP contribution in [0.25, 0.3) is 0 Å². The second kappa shape index (κ2) is 5.54. The Kier molecular flexibility index (Phi) is 4.06. The number of anilines is 1. The van der Waals surface area contributed by atoms with E-state index < -0.39 is 0 Å². The summed E-state index contributed by atoms with van der Waals surface area (Å²) in [6.45, 7) is 5.80. The van der Waals surface area contributed by atoms with Gasteiger partial charge in [-0.25, -0.2) is 0 Å². The van der Waals surface area contributed by atoms with Crippen LogP contribution in [0.3, 0.4) is 0 Å². The van der Waals surface area contributed by atoms with Crippen LogP contribution in [-0.4, -0.2) is 38.6 Å². The average Bonchev–Trinajstić information content (AvgIpc) is 2.30. The van der Waals surface area contributed by atoms with Crippen molar-refractivity contribution >= 4 is 5.69 Å². The number of piperidine rings is 1. The van der Waals surface area contributed by atoms with Gasteiger partial charge in [0.25, 0.3) is 0 Å². The number of hydrogen-bond donors (Lipinski definition) is 0. The zero-order chi connectivity index (χ0) is 12.3. The first-order valence-electron chi connectivity index (χ1n) is 6.61. The minimum Gasteiger partial charge on any atom is -0.372 e. The Morgan fingerprint density at radius 3 is 2.24 bits per heavy atom. The maximum Gasteiger partial charge on any atom is 0.0366 e. The average molecular weight is 232 g/mol. The first-order valence-corrected chi connectivity index (χ1v) is 6.61. The van der Waals surface area contributed by atoms with Crippen molar-refractivity contribution in [3.8, 4) is 0 Å². The molecule has 17 heavy (non-hydrogen) atoms. The maximum atomic E-state index is 2.52. The Morgan fingerprint density at radius 2 is 1.71 bits per heavy atom. The summed E-state index contributed by atoms with van der Waals surface area (Å²) in [5.74, 6) is 0.881. The number of nitrogens with zero attached hydrogens (tertiary/aromatic N) is 2. The molecule has 0 aromatic heterocycles. The molecule has 0 amide bonds.